The van der Waals surface area contributed by atoms with Gasteiger partial charge in [-0.2, -0.15) is 0 Å². The Morgan fingerprint density at radius 3 is 2.48 bits per heavy atom. The van der Waals surface area contributed by atoms with E-state index in [1.165, 1.54) is 6.07 Å². The summed E-state index contributed by atoms with van der Waals surface area (Å²) in [5.41, 5.74) is 7.33. The molecule has 7 heteroatoms. The summed E-state index contributed by atoms with van der Waals surface area (Å²) in [5.74, 6) is 0. The molecule has 0 radical (unpaired) electrons. The van der Waals surface area contributed by atoms with Crippen molar-refractivity contribution in [1.82, 2.24) is 0 Å². The van der Waals surface area contributed by atoms with E-state index < -0.39 is 10.0 Å². The Morgan fingerprint density at radius 1 is 1.14 bits per heavy atom. The van der Waals surface area contributed by atoms with Crippen molar-refractivity contribution in [2.75, 3.05) is 10.5 Å². The van der Waals surface area contributed by atoms with Crippen LogP contribution in [0.2, 0.25) is 0 Å². The van der Waals surface area contributed by atoms with Crippen molar-refractivity contribution < 1.29 is 8.42 Å². The van der Waals surface area contributed by atoms with Crippen molar-refractivity contribution in [2.45, 2.75) is 18.2 Å². The molecule has 0 bridgehead atoms. The van der Waals surface area contributed by atoms with Crippen LogP contribution >= 0.6 is 31.9 Å². The monoisotopic (exact) mass is 432 g/mol. The summed E-state index contributed by atoms with van der Waals surface area (Å²) < 4.78 is 29.2. The molecule has 112 valence electrons. The van der Waals surface area contributed by atoms with Gasteiger partial charge in [-0.05, 0) is 58.2 Å². The van der Waals surface area contributed by atoms with E-state index in [0.717, 1.165) is 10.0 Å². The lowest BCUT2D eigenvalue weighted by Gasteiger charge is -2.13. The molecule has 0 aliphatic carbocycles. The first kappa shape index (κ1) is 16.3. The van der Waals surface area contributed by atoms with Gasteiger partial charge < -0.3 is 5.73 Å². The number of hydrogen-bond donors (Lipinski definition) is 2. The van der Waals surface area contributed by atoms with Gasteiger partial charge in [0.05, 0.1) is 10.6 Å². The van der Waals surface area contributed by atoms with E-state index in [-0.39, 0.29) is 4.90 Å². The van der Waals surface area contributed by atoms with Crippen LogP contribution in [0.1, 0.15) is 12.5 Å². The van der Waals surface area contributed by atoms with Gasteiger partial charge in [-0.1, -0.05) is 28.9 Å². The standard InChI is InChI=1S/C14H14Br2N2O2S/c1-2-9-3-5-11(17)8-14(9)21(19,20)18-13-6-4-10(15)7-12(13)16/h3-8,18H,2,17H2,1H3. The molecule has 0 aliphatic heterocycles. The Hall–Kier alpha value is -1.05. The molecule has 2 aromatic carbocycles. The third kappa shape index (κ3) is 3.78. The van der Waals surface area contributed by atoms with Crippen LogP contribution in [0, 0.1) is 0 Å². The summed E-state index contributed by atoms with van der Waals surface area (Å²) in [7, 11) is -3.69. The van der Waals surface area contributed by atoms with E-state index in [1.54, 1.807) is 30.3 Å². The van der Waals surface area contributed by atoms with Crippen LogP contribution in [0.15, 0.2) is 50.2 Å². The number of aryl methyl sites for hydroxylation is 1. The molecule has 3 N–H and O–H groups in total. The number of nitrogens with one attached hydrogen (secondary N) is 1. The van der Waals surface area contributed by atoms with Gasteiger partial charge in [-0.3, -0.25) is 4.72 Å². The predicted octanol–water partition coefficient (Wildman–Crippen LogP) is 4.16. The Bertz CT molecular complexity index is 777. The van der Waals surface area contributed by atoms with Crippen molar-refractivity contribution in [3.63, 3.8) is 0 Å². The molecule has 21 heavy (non-hydrogen) atoms. The van der Waals surface area contributed by atoms with Gasteiger partial charge in [0.25, 0.3) is 10.0 Å². The van der Waals surface area contributed by atoms with E-state index in [9.17, 15) is 8.42 Å². The highest BCUT2D eigenvalue weighted by molar-refractivity contribution is 9.11. The van der Waals surface area contributed by atoms with Gasteiger partial charge in [-0.15, -0.1) is 0 Å². The van der Waals surface area contributed by atoms with Gasteiger partial charge in [0, 0.05) is 14.6 Å². The van der Waals surface area contributed by atoms with Crippen molar-refractivity contribution in [2.24, 2.45) is 0 Å². The number of halogens is 2. The predicted molar refractivity (Wildman–Crippen MR) is 92.9 cm³/mol. The first-order valence-corrected chi connectivity index (χ1v) is 9.26. The van der Waals surface area contributed by atoms with Crippen molar-refractivity contribution >= 4 is 53.3 Å². The maximum Gasteiger partial charge on any atom is 0.262 e. The van der Waals surface area contributed by atoms with E-state index >= 15 is 0 Å². The number of rotatable bonds is 4. The number of nitrogens with two attached hydrogens (primary N) is 1. The van der Waals surface area contributed by atoms with Crippen LogP contribution in [-0.2, 0) is 16.4 Å². The lowest BCUT2D eigenvalue weighted by molar-refractivity contribution is 0.600. The van der Waals surface area contributed by atoms with E-state index in [1.807, 2.05) is 6.92 Å². The number of nitrogen functional groups attached to an aromatic ring is 1. The highest BCUT2D eigenvalue weighted by atomic mass is 79.9. The maximum absolute atomic E-state index is 12.6. The largest absolute Gasteiger partial charge is 0.399 e. The Morgan fingerprint density at radius 2 is 1.86 bits per heavy atom. The Balaban J connectivity index is 2.45. The number of benzene rings is 2. The molecular formula is C14H14Br2N2O2S. The summed E-state index contributed by atoms with van der Waals surface area (Å²) >= 11 is 6.67. The number of sulfonamides is 1. The average molecular weight is 434 g/mol. The number of anilines is 2. The SMILES string of the molecule is CCc1ccc(N)cc1S(=O)(=O)Nc1ccc(Br)cc1Br. The molecular weight excluding hydrogens is 420 g/mol. The summed E-state index contributed by atoms with van der Waals surface area (Å²) in [6.07, 6.45) is 0.609. The second-order valence-electron chi connectivity index (χ2n) is 4.45. The van der Waals surface area contributed by atoms with Gasteiger partial charge in [0.1, 0.15) is 0 Å². The van der Waals surface area contributed by atoms with Gasteiger partial charge >= 0.3 is 0 Å². The van der Waals surface area contributed by atoms with E-state index in [0.29, 0.717) is 22.3 Å². The van der Waals surface area contributed by atoms with Crippen LogP contribution in [-0.4, -0.2) is 8.42 Å². The molecule has 0 saturated carbocycles. The number of hydrogen-bond acceptors (Lipinski definition) is 3. The van der Waals surface area contributed by atoms with E-state index in [4.69, 9.17) is 5.73 Å². The summed E-state index contributed by atoms with van der Waals surface area (Å²) in [5, 5.41) is 0. The van der Waals surface area contributed by atoms with Crippen LogP contribution in [0.3, 0.4) is 0 Å². The molecule has 0 aliphatic rings. The third-order valence-corrected chi connectivity index (χ3v) is 5.53. The first-order chi connectivity index (χ1) is 9.83. The lowest BCUT2D eigenvalue weighted by Crippen LogP contribution is -2.15. The van der Waals surface area contributed by atoms with Gasteiger partial charge in [0.2, 0.25) is 0 Å². The third-order valence-electron chi connectivity index (χ3n) is 2.94. The maximum atomic E-state index is 12.6. The molecule has 0 saturated heterocycles. The highest BCUT2D eigenvalue weighted by Crippen LogP contribution is 2.29. The molecule has 0 atom stereocenters. The zero-order valence-corrected chi connectivity index (χ0v) is 15.2. The summed E-state index contributed by atoms with van der Waals surface area (Å²) in [6, 6.07) is 10.1. The second-order valence-corrected chi connectivity index (χ2v) is 7.87. The molecule has 4 nitrogen and oxygen atoms in total. The Kier molecular flexibility index (Phi) is 4.95. The lowest BCUT2D eigenvalue weighted by atomic mass is 10.1. The fourth-order valence-electron chi connectivity index (χ4n) is 1.89. The molecule has 0 heterocycles. The minimum Gasteiger partial charge on any atom is -0.399 e. The fraction of sp³-hybridized carbons (Fsp3) is 0.143. The molecule has 0 aromatic heterocycles. The van der Waals surface area contributed by atoms with Gasteiger partial charge in [0.15, 0.2) is 0 Å². The average Bonchev–Trinajstić information content (AvgIpc) is 2.42. The van der Waals surface area contributed by atoms with Gasteiger partial charge in [-0.25, -0.2) is 8.42 Å². The van der Waals surface area contributed by atoms with Crippen LogP contribution in [0.5, 0.6) is 0 Å². The summed E-state index contributed by atoms with van der Waals surface area (Å²) in [4.78, 5) is 0.208. The molecule has 0 amide bonds. The van der Waals surface area contributed by atoms with Crippen molar-refractivity contribution in [3.05, 3.63) is 50.9 Å². The van der Waals surface area contributed by atoms with Crippen LogP contribution < -0.4 is 10.5 Å². The quantitative estimate of drug-likeness (QED) is 0.711. The molecule has 0 spiro atoms. The molecule has 2 rings (SSSR count). The fourth-order valence-corrected chi connectivity index (χ4v) is 4.59. The molecule has 0 fully saturated rings. The second kappa shape index (κ2) is 6.37. The van der Waals surface area contributed by atoms with Crippen molar-refractivity contribution in [3.8, 4) is 0 Å². The minimum absolute atomic E-state index is 0.208. The first-order valence-electron chi connectivity index (χ1n) is 6.19. The smallest absolute Gasteiger partial charge is 0.262 e. The topological polar surface area (TPSA) is 72.2 Å². The molecule has 2 aromatic rings. The van der Waals surface area contributed by atoms with Crippen LogP contribution in [0.4, 0.5) is 11.4 Å². The normalized spacial score (nSPS) is 11.4. The molecule has 0 unspecified atom stereocenters. The minimum atomic E-state index is -3.69. The summed E-state index contributed by atoms with van der Waals surface area (Å²) in [6.45, 7) is 1.90. The Labute approximate surface area is 141 Å². The zero-order valence-electron chi connectivity index (χ0n) is 11.2. The van der Waals surface area contributed by atoms with Crippen molar-refractivity contribution in [1.29, 1.82) is 0 Å². The zero-order chi connectivity index (χ0) is 15.6. The van der Waals surface area contributed by atoms with Crippen LogP contribution in [0.25, 0.3) is 0 Å². The van der Waals surface area contributed by atoms with E-state index in [2.05, 4.69) is 36.6 Å². The highest BCUT2D eigenvalue weighted by Gasteiger charge is 2.19.